The van der Waals surface area contributed by atoms with E-state index in [-0.39, 0.29) is 12.4 Å². The molecule has 0 unspecified atom stereocenters. The van der Waals surface area contributed by atoms with E-state index in [4.69, 9.17) is 11.6 Å². The molecular formula is C13H15Cl2N3. The van der Waals surface area contributed by atoms with Crippen molar-refractivity contribution in [1.82, 2.24) is 10.3 Å². The first-order valence-electron chi connectivity index (χ1n) is 5.85. The minimum absolute atomic E-state index is 0. The molecular weight excluding hydrogens is 269 g/mol. The van der Waals surface area contributed by atoms with Crippen LogP contribution in [0.5, 0.6) is 0 Å². The van der Waals surface area contributed by atoms with Crippen LogP contribution >= 0.6 is 24.0 Å². The number of benzene rings is 1. The van der Waals surface area contributed by atoms with Gasteiger partial charge in [-0.25, -0.2) is 4.98 Å². The lowest BCUT2D eigenvalue weighted by molar-refractivity contribution is 0.793. The normalized spacial score (nSPS) is 18.6. The van der Waals surface area contributed by atoms with E-state index in [0.29, 0.717) is 11.2 Å². The molecule has 1 aliphatic heterocycles. The molecule has 0 spiro atoms. The highest BCUT2D eigenvalue weighted by Gasteiger charge is 2.13. The summed E-state index contributed by atoms with van der Waals surface area (Å²) in [4.78, 5) is 4.27. The Labute approximate surface area is 117 Å². The van der Waals surface area contributed by atoms with E-state index < -0.39 is 0 Å². The number of halogens is 2. The van der Waals surface area contributed by atoms with Gasteiger partial charge in [0, 0.05) is 23.7 Å². The van der Waals surface area contributed by atoms with E-state index in [1.807, 2.05) is 18.2 Å². The van der Waals surface area contributed by atoms with Crippen LogP contribution < -0.4 is 10.6 Å². The van der Waals surface area contributed by atoms with Crippen molar-refractivity contribution in [2.24, 2.45) is 0 Å². The zero-order chi connectivity index (χ0) is 11.7. The zero-order valence-corrected chi connectivity index (χ0v) is 11.4. The Bertz CT molecular complexity index is 539. The summed E-state index contributed by atoms with van der Waals surface area (Å²) < 4.78 is 0. The molecule has 0 saturated carbocycles. The van der Waals surface area contributed by atoms with E-state index in [9.17, 15) is 0 Å². The number of nitrogens with one attached hydrogen (secondary N) is 2. The first kappa shape index (κ1) is 13.4. The predicted molar refractivity (Wildman–Crippen MR) is 78.9 cm³/mol. The van der Waals surface area contributed by atoms with Gasteiger partial charge in [0.1, 0.15) is 5.15 Å². The van der Waals surface area contributed by atoms with Crippen LogP contribution in [0.15, 0.2) is 30.3 Å². The molecule has 1 fully saturated rings. The van der Waals surface area contributed by atoms with Crippen molar-refractivity contribution < 1.29 is 0 Å². The number of hydrogen-bond donors (Lipinski definition) is 2. The monoisotopic (exact) mass is 283 g/mol. The molecule has 3 nitrogen and oxygen atoms in total. The first-order valence-corrected chi connectivity index (χ1v) is 6.23. The van der Waals surface area contributed by atoms with Gasteiger partial charge in [-0.05, 0) is 43.3 Å². The summed E-state index contributed by atoms with van der Waals surface area (Å²) in [6, 6.07) is 10.5. The summed E-state index contributed by atoms with van der Waals surface area (Å²) in [6.45, 7) is 2.14. The molecule has 2 N–H and O–H groups in total. The molecule has 1 saturated heterocycles. The summed E-state index contributed by atoms with van der Waals surface area (Å²) in [5, 5.41) is 8.53. The van der Waals surface area contributed by atoms with Gasteiger partial charge in [0.25, 0.3) is 0 Å². The van der Waals surface area contributed by atoms with Crippen molar-refractivity contribution in [3.8, 4) is 0 Å². The predicted octanol–water partition coefficient (Wildman–Crippen LogP) is 3.08. The molecule has 1 aliphatic rings. The fourth-order valence-corrected chi connectivity index (χ4v) is 2.36. The average molecular weight is 284 g/mol. The summed E-state index contributed by atoms with van der Waals surface area (Å²) in [6.07, 6.45) is 1.18. The van der Waals surface area contributed by atoms with Gasteiger partial charge in [0.15, 0.2) is 0 Å². The molecule has 1 aromatic heterocycles. The lowest BCUT2D eigenvalue weighted by atomic mass is 10.2. The van der Waals surface area contributed by atoms with Crippen LogP contribution in [0, 0.1) is 0 Å². The summed E-state index contributed by atoms with van der Waals surface area (Å²) >= 11 is 5.86. The maximum absolute atomic E-state index is 5.86. The molecule has 96 valence electrons. The molecule has 5 heteroatoms. The van der Waals surface area contributed by atoms with Crippen molar-refractivity contribution in [3.05, 3.63) is 35.5 Å². The third-order valence-electron chi connectivity index (χ3n) is 3.09. The Morgan fingerprint density at radius 1 is 1.28 bits per heavy atom. The third-order valence-corrected chi connectivity index (χ3v) is 3.30. The number of anilines is 1. The second-order valence-electron chi connectivity index (χ2n) is 4.38. The molecule has 1 aromatic carbocycles. The van der Waals surface area contributed by atoms with E-state index in [1.54, 1.807) is 0 Å². The second kappa shape index (κ2) is 5.74. The van der Waals surface area contributed by atoms with Crippen LogP contribution in [0.1, 0.15) is 6.42 Å². The lowest BCUT2D eigenvalue weighted by Crippen LogP contribution is -2.21. The third kappa shape index (κ3) is 2.86. The van der Waals surface area contributed by atoms with Crippen LogP contribution in [0.2, 0.25) is 5.15 Å². The number of nitrogens with zero attached hydrogens (tertiary/aromatic N) is 1. The van der Waals surface area contributed by atoms with Crippen molar-refractivity contribution in [3.63, 3.8) is 0 Å². The molecule has 0 amide bonds. The van der Waals surface area contributed by atoms with Crippen molar-refractivity contribution in [2.45, 2.75) is 12.5 Å². The molecule has 0 bridgehead atoms. The van der Waals surface area contributed by atoms with Crippen LogP contribution in [-0.2, 0) is 0 Å². The largest absolute Gasteiger partial charge is 0.381 e. The highest BCUT2D eigenvalue weighted by Crippen LogP contribution is 2.20. The highest BCUT2D eigenvalue weighted by atomic mass is 35.5. The van der Waals surface area contributed by atoms with Gasteiger partial charge < -0.3 is 10.6 Å². The molecule has 0 aliphatic carbocycles. The summed E-state index contributed by atoms with van der Waals surface area (Å²) in [7, 11) is 0. The molecule has 2 aromatic rings. The summed E-state index contributed by atoms with van der Waals surface area (Å²) in [5.41, 5.74) is 2.09. The Morgan fingerprint density at radius 2 is 2.17 bits per heavy atom. The van der Waals surface area contributed by atoms with Crippen LogP contribution in [-0.4, -0.2) is 24.1 Å². The molecule has 1 atom stereocenters. The van der Waals surface area contributed by atoms with Crippen LogP contribution in [0.25, 0.3) is 10.9 Å². The van der Waals surface area contributed by atoms with Crippen LogP contribution in [0.4, 0.5) is 5.69 Å². The molecule has 3 rings (SSSR count). The van der Waals surface area contributed by atoms with E-state index in [2.05, 4.69) is 27.8 Å². The fourth-order valence-electron chi connectivity index (χ4n) is 2.20. The Morgan fingerprint density at radius 3 is 2.94 bits per heavy atom. The molecule has 2 heterocycles. The fraction of sp³-hybridized carbons (Fsp3) is 0.308. The number of aromatic nitrogens is 1. The van der Waals surface area contributed by atoms with Gasteiger partial charge in [-0.1, -0.05) is 11.6 Å². The van der Waals surface area contributed by atoms with Gasteiger partial charge in [-0.2, -0.15) is 0 Å². The quantitative estimate of drug-likeness (QED) is 0.832. The average Bonchev–Trinajstić information content (AvgIpc) is 2.82. The van der Waals surface area contributed by atoms with E-state index in [0.717, 1.165) is 29.7 Å². The van der Waals surface area contributed by atoms with Crippen molar-refractivity contribution in [2.75, 3.05) is 18.4 Å². The van der Waals surface area contributed by atoms with Crippen molar-refractivity contribution in [1.29, 1.82) is 0 Å². The van der Waals surface area contributed by atoms with Gasteiger partial charge in [-0.3, -0.25) is 0 Å². The maximum atomic E-state index is 5.86. The van der Waals surface area contributed by atoms with Gasteiger partial charge in [0.05, 0.1) is 5.52 Å². The number of hydrogen-bond acceptors (Lipinski definition) is 3. The Balaban J connectivity index is 0.00000120. The van der Waals surface area contributed by atoms with E-state index in [1.165, 1.54) is 6.42 Å². The smallest absolute Gasteiger partial charge is 0.129 e. The van der Waals surface area contributed by atoms with E-state index >= 15 is 0 Å². The number of fused-ring (bicyclic) bond motifs is 1. The maximum Gasteiger partial charge on any atom is 0.129 e. The topological polar surface area (TPSA) is 37.0 Å². The highest BCUT2D eigenvalue weighted by molar-refractivity contribution is 6.29. The SMILES string of the molecule is Cl.Clc1ccc2cc(N[C@@H]3CCNC3)ccc2n1. The number of pyridine rings is 1. The van der Waals surface area contributed by atoms with Gasteiger partial charge in [-0.15, -0.1) is 12.4 Å². The molecule has 18 heavy (non-hydrogen) atoms. The van der Waals surface area contributed by atoms with Gasteiger partial charge >= 0.3 is 0 Å². The first-order chi connectivity index (χ1) is 8.31. The standard InChI is InChI=1S/C13H14ClN3.ClH/c14-13-4-1-9-7-10(2-3-12(9)17-13)16-11-5-6-15-8-11;/h1-4,7,11,15-16H,5-6,8H2;1H/t11-;/m1./s1. The van der Waals surface area contributed by atoms with Gasteiger partial charge in [0.2, 0.25) is 0 Å². The number of rotatable bonds is 2. The lowest BCUT2D eigenvalue weighted by Gasteiger charge is -2.13. The van der Waals surface area contributed by atoms with Crippen LogP contribution in [0.3, 0.4) is 0 Å². The zero-order valence-electron chi connectivity index (χ0n) is 9.82. The Hall–Kier alpha value is -1.03. The Kier molecular flexibility index (Phi) is 4.27. The minimum atomic E-state index is 0. The second-order valence-corrected chi connectivity index (χ2v) is 4.76. The molecule has 0 radical (unpaired) electrons. The summed E-state index contributed by atoms with van der Waals surface area (Å²) in [5.74, 6) is 0. The minimum Gasteiger partial charge on any atom is -0.381 e. The van der Waals surface area contributed by atoms with Crippen molar-refractivity contribution >= 4 is 40.6 Å².